The normalized spacial score (nSPS) is 10.8. The summed E-state index contributed by atoms with van der Waals surface area (Å²) in [6, 6.07) is 20.2. The summed E-state index contributed by atoms with van der Waals surface area (Å²) in [4.78, 5) is 24.7. The molecule has 0 spiro atoms. The van der Waals surface area contributed by atoms with E-state index in [1.807, 2.05) is 88.9 Å². The number of halogens is 2. The number of ether oxygens (including phenoxy) is 4. The van der Waals surface area contributed by atoms with Crippen LogP contribution < -0.4 is 63.5 Å². The van der Waals surface area contributed by atoms with Crippen LogP contribution in [0.15, 0.2) is 85.5 Å². The second kappa shape index (κ2) is 30.6. The molecule has 0 saturated heterocycles. The average Bonchev–Trinajstić information content (AvgIpc) is 3.23. The third-order valence-corrected chi connectivity index (χ3v) is 11.1. The predicted molar refractivity (Wildman–Crippen MR) is 238 cm³/mol. The maximum Gasteiger partial charge on any atom is 0.220 e. The van der Waals surface area contributed by atoms with Crippen molar-refractivity contribution < 1.29 is 62.5 Å². The number of amides is 2. The smallest absolute Gasteiger partial charge is 0.220 e. The van der Waals surface area contributed by atoms with Crippen LogP contribution >= 0.6 is 21.6 Å². The summed E-state index contributed by atoms with van der Waals surface area (Å²) in [5, 5.41) is 6.03. The summed E-state index contributed by atoms with van der Waals surface area (Å²) in [6.45, 7) is 13.0. The Kier molecular flexibility index (Phi) is 26.4. The highest BCUT2D eigenvalue weighted by atomic mass is 35.5. The van der Waals surface area contributed by atoms with Crippen LogP contribution in [-0.4, -0.2) is 62.8 Å². The number of nitrogens with one attached hydrogen (secondary N) is 2. The highest BCUT2D eigenvalue weighted by molar-refractivity contribution is 8.76. The number of pyridine rings is 2. The molecule has 326 valence electrons. The Hall–Kier alpha value is -4.36. The molecule has 2 aromatic carbocycles. The van der Waals surface area contributed by atoms with Crippen molar-refractivity contribution in [2.75, 3.05) is 51.0 Å². The molecule has 0 unspecified atom stereocenters. The molecule has 4 aromatic rings. The first-order chi connectivity index (χ1) is 28.4. The Morgan fingerprint density at radius 3 is 1.23 bits per heavy atom. The largest absolute Gasteiger partial charge is 1.00 e. The summed E-state index contributed by atoms with van der Waals surface area (Å²) in [6.07, 6.45) is 18.9. The quantitative estimate of drug-likeness (QED) is 0.0534. The van der Waals surface area contributed by atoms with Gasteiger partial charge in [-0.25, -0.2) is 9.13 Å². The minimum Gasteiger partial charge on any atom is -1.00 e. The van der Waals surface area contributed by atoms with Crippen molar-refractivity contribution >= 4 is 57.7 Å². The van der Waals surface area contributed by atoms with Crippen molar-refractivity contribution in [2.24, 2.45) is 0 Å². The molecule has 2 N–H and O–H groups in total. The van der Waals surface area contributed by atoms with E-state index in [1.54, 1.807) is 21.6 Å². The average molecular weight is 900 g/mol. The third-order valence-electron chi connectivity index (χ3n) is 8.64. The molecule has 0 aliphatic carbocycles. The molecule has 2 amide bonds. The van der Waals surface area contributed by atoms with Crippen LogP contribution in [-0.2, 0) is 22.7 Å². The maximum absolute atomic E-state index is 12.3. The lowest BCUT2D eigenvalue weighted by molar-refractivity contribution is -0.697. The summed E-state index contributed by atoms with van der Waals surface area (Å²) in [5.74, 6) is 4.80. The second-order valence-electron chi connectivity index (χ2n) is 13.1. The van der Waals surface area contributed by atoms with E-state index < -0.39 is 0 Å². The zero-order chi connectivity index (χ0) is 41.2. The fourth-order valence-electron chi connectivity index (χ4n) is 5.79. The lowest BCUT2D eigenvalue weighted by atomic mass is 10.1. The van der Waals surface area contributed by atoms with E-state index in [0.717, 1.165) is 82.7 Å². The molecule has 0 fully saturated rings. The molecule has 0 radical (unpaired) electrons. The fraction of sp³-hybridized carbons (Fsp3) is 0.391. The highest BCUT2D eigenvalue weighted by Crippen LogP contribution is 2.30. The topological polar surface area (TPSA) is 103 Å². The van der Waals surface area contributed by atoms with Crippen molar-refractivity contribution in [1.29, 1.82) is 0 Å². The van der Waals surface area contributed by atoms with E-state index in [9.17, 15) is 9.59 Å². The van der Waals surface area contributed by atoms with E-state index in [-0.39, 0.29) is 36.6 Å². The van der Waals surface area contributed by atoms with Gasteiger partial charge in [0.25, 0.3) is 0 Å². The van der Waals surface area contributed by atoms with E-state index in [4.69, 9.17) is 18.9 Å². The van der Waals surface area contributed by atoms with Gasteiger partial charge in [-0.1, -0.05) is 58.0 Å². The van der Waals surface area contributed by atoms with Gasteiger partial charge < -0.3 is 54.4 Å². The Morgan fingerprint density at radius 2 is 0.867 bits per heavy atom. The predicted octanol–water partition coefficient (Wildman–Crippen LogP) is 2.08. The number of aromatic nitrogens is 2. The van der Waals surface area contributed by atoms with Crippen LogP contribution in [0.1, 0.15) is 75.6 Å². The Labute approximate surface area is 377 Å². The second-order valence-corrected chi connectivity index (χ2v) is 15.8. The zero-order valence-electron chi connectivity index (χ0n) is 35.2. The molecule has 0 saturated carbocycles. The minimum atomic E-state index is 0. The number of hydrogen-bond acceptors (Lipinski definition) is 8. The Morgan fingerprint density at radius 1 is 0.517 bits per heavy atom. The van der Waals surface area contributed by atoms with Gasteiger partial charge in [-0.15, -0.1) is 0 Å². The van der Waals surface area contributed by atoms with Gasteiger partial charge in [0.05, 0.1) is 26.4 Å². The van der Waals surface area contributed by atoms with Gasteiger partial charge in [0.1, 0.15) is 13.1 Å². The Bertz CT molecular complexity index is 1760. The van der Waals surface area contributed by atoms with E-state index in [0.29, 0.717) is 52.4 Å². The van der Waals surface area contributed by atoms with Crippen molar-refractivity contribution in [3.05, 3.63) is 108 Å². The Balaban J connectivity index is 0.00000620. The van der Waals surface area contributed by atoms with Gasteiger partial charge in [0.2, 0.25) is 11.8 Å². The number of carbonyl (C=O) groups excluding carboxylic acids is 2. The van der Waals surface area contributed by atoms with Gasteiger partial charge in [-0.3, -0.25) is 9.59 Å². The van der Waals surface area contributed by atoms with Crippen LogP contribution in [0.3, 0.4) is 0 Å². The van der Waals surface area contributed by atoms with Crippen molar-refractivity contribution in [3.63, 3.8) is 0 Å². The van der Waals surface area contributed by atoms with Gasteiger partial charge in [0, 0.05) is 74.5 Å². The summed E-state index contributed by atoms with van der Waals surface area (Å²) in [5.41, 5.74) is 4.27. The lowest BCUT2D eigenvalue weighted by Crippen LogP contribution is -3.00. The first-order valence-electron chi connectivity index (χ1n) is 20.3. The zero-order valence-corrected chi connectivity index (χ0v) is 38.4. The standard InChI is InChI=1S/C46H58N4O6S2.2ClH/c1-5-53-41-19-17-39(35-43(41)55-7-3)15-13-37-21-29-49(30-22-37)27-9-11-45(51)47-25-33-57-58-34-26-48-46(52)12-10-28-50-31-23-38(24-32-50)14-16-40-18-20-42(54-6-2)44(36-40)56-8-4;;/h13-24,29-32,35-36H,5-12,25-28,33-34H2,1-4H3;2*1H. The molecule has 14 heteroatoms. The minimum absolute atomic E-state index is 0. The van der Waals surface area contributed by atoms with E-state index >= 15 is 0 Å². The first-order valence-corrected chi connectivity index (χ1v) is 22.8. The van der Waals surface area contributed by atoms with Gasteiger partial charge in [0.15, 0.2) is 47.8 Å². The molecule has 0 aliphatic rings. The molecule has 4 rings (SSSR count). The van der Waals surface area contributed by atoms with E-state index in [1.165, 1.54) is 0 Å². The summed E-state index contributed by atoms with van der Waals surface area (Å²) in [7, 11) is 3.42. The molecule has 0 atom stereocenters. The first kappa shape index (κ1) is 51.8. The van der Waals surface area contributed by atoms with Crippen LogP contribution in [0, 0.1) is 0 Å². The highest BCUT2D eigenvalue weighted by Gasteiger charge is 2.09. The molecule has 0 bridgehead atoms. The molecule has 2 heterocycles. The third kappa shape index (κ3) is 19.8. The monoisotopic (exact) mass is 898 g/mol. The number of carbonyl (C=O) groups is 2. The number of nitrogens with zero attached hydrogens (tertiary/aromatic N) is 2. The molecule has 10 nitrogen and oxygen atoms in total. The summed E-state index contributed by atoms with van der Waals surface area (Å²) < 4.78 is 27.0. The summed E-state index contributed by atoms with van der Waals surface area (Å²) >= 11 is 0. The van der Waals surface area contributed by atoms with Crippen LogP contribution in [0.25, 0.3) is 24.3 Å². The number of rotatable bonds is 27. The number of aryl methyl sites for hydroxylation is 2. The van der Waals surface area contributed by atoms with Crippen molar-refractivity contribution in [2.45, 2.75) is 66.5 Å². The fourth-order valence-corrected chi connectivity index (χ4v) is 7.60. The van der Waals surface area contributed by atoms with Crippen LogP contribution in [0.4, 0.5) is 0 Å². The molecular formula is C46H60Cl2N4O6S2. The van der Waals surface area contributed by atoms with Crippen molar-refractivity contribution in [1.82, 2.24) is 10.6 Å². The molecule has 0 aliphatic heterocycles. The van der Waals surface area contributed by atoms with Crippen molar-refractivity contribution in [3.8, 4) is 23.0 Å². The van der Waals surface area contributed by atoms with Gasteiger partial charge >= 0.3 is 0 Å². The SMILES string of the molecule is CCOc1ccc(C=Cc2cc[n+](CCCC(=O)NCCSSCCNC(=O)CCC[n+]3ccc(C=Cc4ccc(OCC)c(OCC)c4)cc3)cc2)cc1OCC.[Cl-].[Cl-]. The van der Waals surface area contributed by atoms with Crippen LogP contribution in [0.5, 0.6) is 23.0 Å². The lowest BCUT2D eigenvalue weighted by Gasteiger charge is -2.11. The maximum atomic E-state index is 12.3. The molecule has 60 heavy (non-hydrogen) atoms. The molecule has 2 aromatic heterocycles. The van der Waals surface area contributed by atoms with Gasteiger partial charge in [-0.05, 0) is 74.2 Å². The number of benzene rings is 2. The van der Waals surface area contributed by atoms with E-state index in [2.05, 4.69) is 68.3 Å². The molecular weight excluding hydrogens is 840 g/mol. The van der Waals surface area contributed by atoms with Gasteiger partial charge in [-0.2, -0.15) is 0 Å². The van der Waals surface area contributed by atoms with Crippen LogP contribution in [0.2, 0.25) is 0 Å². The number of hydrogen-bond donors (Lipinski definition) is 2.